The van der Waals surface area contributed by atoms with Crippen LogP contribution in [-0.4, -0.2) is 67.3 Å². The largest absolute Gasteiger partial charge is 0.469 e. The van der Waals surface area contributed by atoms with Gasteiger partial charge in [-0.1, -0.05) is 41.1 Å². The van der Waals surface area contributed by atoms with Crippen molar-refractivity contribution in [2.75, 3.05) is 13.7 Å². The number of carbonyl (C=O) groups is 3. The second kappa shape index (κ2) is 12.5. The van der Waals surface area contributed by atoms with Crippen LogP contribution in [0, 0.1) is 11.7 Å². The Hall–Kier alpha value is -4.71. The highest BCUT2D eigenvalue weighted by molar-refractivity contribution is 6.30. The number of methoxy groups -OCH3 is 1. The third kappa shape index (κ3) is 5.64. The summed E-state index contributed by atoms with van der Waals surface area (Å²) in [6, 6.07) is 8.96. The molecule has 2 aromatic heterocycles. The van der Waals surface area contributed by atoms with Crippen molar-refractivity contribution in [2.24, 2.45) is 5.92 Å². The molecule has 1 aliphatic carbocycles. The van der Waals surface area contributed by atoms with Crippen LogP contribution in [0.5, 0.6) is 0 Å². The third-order valence-electron chi connectivity index (χ3n) is 8.30. The lowest BCUT2D eigenvalue weighted by molar-refractivity contribution is -0.146. The minimum absolute atomic E-state index is 0.0413. The third-order valence-corrected chi connectivity index (χ3v) is 8.59. The number of rotatable bonds is 6. The standard InChI is InChI=1S/C31H29ClFN7O4/c1-44-31(43)18-8-10-20(11-9-18)36-29(41)28-23-5-2-4-21(19-14-34-17-35-15-19)22(23)12-13-39(28)30(42)25-16-40(38-37-25)26-7-3-6-24(32)27(26)33/h2-7,14-18,20,28H,8-13H2,1H3,(H,36,41)/t18-,20+,28?. The number of hydrogen-bond donors (Lipinski definition) is 1. The molecule has 1 atom stereocenters. The molecule has 2 aliphatic rings. The van der Waals surface area contributed by atoms with E-state index in [0.29, 0.717) is 37.7 Å². The van der Waals surface area contributed by atoms with Gasteiger partial charge in [0.15, 0.2) is 11.5 Å². The van der Waals surface area contributed by atoms with Gasteiger partial charge >= 0.3 is 5.97 Å². The number of esters is 1. The summed E-state index contributed by atoms with van der Waals surface area (Å²) in [5, 5.41) is 11.0. The molecule has 0 radical (unpaired) electrons. The Bertz CT molecular complexity index is 1710. The quantitative estimate of drug-likeness (QED) is 0.320. The van der Waals surface area contributed by atoms with Gasteiger partial charge in [-0.05, 0) is 60.9 Å². The number of hydrogen-bond acceptors (Lipinski definition) is 8. The molecule has 1 saturated carbocycles. The van der Waals surface area contributed by atoms with E-state index in [1.807, 2.05) is 18.2 Å². The lowest BCUT2D eigenvalue weighted by Gasteiger charge is -2.38. The van der Waals surface area contributed by atoms with Crippen LogP contribution in [0.25, 0.3) is 16.8 Å². The average molecular weight is 618 g/mol. The molecule has 0 bridgehead atoms. The number of benzene rings is 2. The van der Waals surface area contributed by atoms with Gasteiger partial charge in [0.05, 0.1) is 24.2 Å². The summed E-state index contributed by atoms with van der Waals surface area (Å²) < 4.78 is 20.7. The molecule has 6 rings (SSSR count). The van der Waals surface area contributed by atoms with Gasteiger partial charge in [-0.2, -0.15) is 0 Å². The fourth-order valence-corrected chi connectivity index (χ4v) is 6.27. The Balaban J connectivity index is 1.32. The van der Waals surface area contributed by atoms with E-state index in [1.54, 1.807) is 18.5 Å². The summed E-state index contributed by atoms with van der Waals surface area (Å²) in [5.74, 6) is -1.98. The fraction of sp³-hybridized carbons (Fsp3) is 0.323. The Morgan fingerprint density at radius 3 is 2.55 bits per heavy atom. The van der Waals surface area contributed by atoms with Crippen LogP contribution < -0.4 is 5.32 Å². The van der Waals surface area contributed by atoms with Gasteiger partial charge in [0.2, 0.25) is 5.91 Å². The minimum atomic E-state index is -0.970. The molecular formula is C31H29ClFN7O4. The number of halogens is 2. The molecule has 0 saturated heterocycles. The maximum absolute atomic E-state index is 14.7. The zero-order chi connectivity index (χ0) is 30.8. The summed E-state index contributed by atoms with van der Waals surface area (Å²) in [6.45, 7) is 0.224. The number of nitrogens with one attached hydrogen (secondary N) is 1. The number of aromatic nitrogens is 5. The van der Waals surface area contributed by atoms with Crippen LogP contribution in [0.1, 0.15) is 53.3 Å². The van der Waals surface area contributed by atoms with Gasteiger partial charge in [-0.15, -0.1) is 5.10 Å². The van der Waals surface area contributed by atoms with E-state index in [1.165, 1.54) is 36.7 Å². The van der Waals surface area contributed by atoms with Crippen LogP contribution in [0.4, 0.5) is 4.39 Å². The summed E-state index contributed by atoms with van der Waals surface area (Å²) in [5.41, 5.74) is 3.28. The monoisotopic (exact) mass is 617 g/mol. The van der Waals surface area contributed by atoms with Crippen molar-refractivity contribution >= 4 is 29.4 Å². The lowest BCUT2D eigenvalue weighted by Crippen LogP contribution is -2.50. The smallest absolute Gasteiger partial charge is 0.308 e. The van der Waals surface area contributed by atoms with Gasteiger partial charge in [0.1, 0.15) is 18.1 Å². The number of nitrogens with zero attached hydrogens (tertiary/aromatic N) is 6. The first kappa shape index (κ1) is 29.4. The molecule has 0 spiro atoms. The normalized spacial score (nSPS) is 19.6. The summed E-state index contributed by atoms with van der Waals surface area (Å²) >= 11 is 5.94. The Kier molecular flexibility index (Phi) is 8.34. The fourth-order valence-electron chi connectivity index (χ4n) is 6.10. The molecule has 44 heavy (non-hydrogen) atoms. The van der Waals surface area contributed by atoms with E-state index in [0.717, 1.165) is 21.4 Å². The van der Waals surface area contributed by atoms with Crippen LogP contribution in [-0.2, 0) is 20.7 Å². The zero-order valence-corrected chi connectivity index (χ0v) is 24.6. The predicted molar refractivity (Wildman–Crippen MR) is 157 cm³/mol. The predicted octanol–water partition coefficient (Wildman–Crippen LogP) is 4.10. The molecule has 2 aromatic carbocycles. The molecule has 1 aliphatic heterocycles. The maximum Gasteiger partial charge on any atom is 0.308 e. The van der Waals surface area contributed by atoms with E-state index in [9.17, 15) is 18.8 Å². The first-order chi connectivity index (χ1) is 21.4. The molecule has 1 N–H and O–H groups in total. The first-order valence-corrected chi connectivity index (χ1v) is 14.7. The van der Waals surface area contributed by atoms with E-state index < -0.39 is 17.8 Å². The van der Waals surface area contributed by atoms with Crippen LogP contribution >= 0.6 is 11.6 Å². The topological polar surface area (TPSA) is 132 Å². The van der Waals surface area contributed by atoms with Gasteiger partial charge in [-0.3, -0.25) is 14.4 Å². The molecule has 4 aromatic rings. The second-order valence-corrected chi connectivity index (χ2v) is 11.3. The van der Waals surface area contributed by atoms with E-state index >= 15 is 0 Å². The first-order valence-electron chi connectivity index (χ1n) is 14.3. The number of carbonyl (C=O) groups excluding carboxylic acids is 3. The van der Waals surface area contributed by atoms with E-state index in [4.69, 9.17) is 16.3 Å². The van der Waals surface area contributed by atoms with Crippen LogP contribution in [0.15, 0.2) is 61.3 Å². The summed E-state index contributed by atoms with van der Waals surface area (Å²) in [7, 11) is 1.38. The van der Waals surface area contributed by atoms with Crippen molar-refractivity contribution in [1.82, 2.24) is 35.2 Å². The Morgan fingerprint density at radius 2 is 1.80 bits per heavy atom. The molecule has 3 heterocycles. The highest BCUT2D eigenvalue weighted by Crippen LogP contribution is 2.37. The SMILES string of the molecule is COC(=O)[C@H]1CC[C@@H](NC(=O)C2c3cccc(-c4cncnc4)c3CCN2C(=O)c2cn(-c3cccc(Cl)c3F)nn2)CC1. The maximum atomic E-state index is 14.7. The van der Waals surface area contributed by atoms with Crippen molar-refractivity contribution in [2.45, 2.75) is 44.2 Å². The Labute approximate surface area is 257 Å². The van der Waals surface area contributed by atoms with E-state index in [2.05, 4.69) is 25.6 Å². The van der Waals surface area contributed by atoms with Crippen molar-refractivity contribution < 1.29 is 23.5 Å². The van der Waals surface area contributed by atoms with Crippen LogP contribution in [0.3, 0.4) is 0 Å². The summed E-state index contributed by atoms with van der Waals surface area (Å²) in [4.78, 5) is 49.8. The van der Waals surface area contributed by atoms with Crippen LogP contribution in [0.2, 0.25) is 5.02 Å². The minimum Gasteiger partial charge on any atom is -0.469 e. The van der Waals surface area contributed by atoms with Gasteiger partial charge < -0.3 is 15.0 Å². The van der Waals surface area contributed by atoms with Gasteiger partial charge in [0.25, 0.3) is 5.91 Å². The molecular weight excluding hydrogens is 589 g/mol. The second-order valence-electron chi connectivity index (χ2n) is 10.9. The van der Waals surface area contributed by atoms with Crippen molar-refractivity contribution in [3.63, 3.8) is 0 Å². The zero-order valence-electron chi connectivity index (χ0n) is 23.8. The van der Waals surface area contributed by atoms with Gasteiger partial charge in [-0.25, -0.2) is 19.0 Å². The lowest BCUT2D eigenvalue weighted by atomic mass is 9.84. The number of ether oxygens (including phenoxy) is 1. The highest BCUT2D eigenvalue weighted by atomic mass is 35.5. The van der Waals surface area contributed by atoms with E-state index in [-0.39, 0.29) is 46.8 Å². The number of fused-ring (bicyclic) bond motifs is 1. The summed E-state index contributed by atoms with van der Waals surface area (Å²) in [6.07, 6.45) is 9.09. The molecule has 1 unspecified atom stereocenters. The molecule has 1 fully saturated rings. The highest BCUT2D eigenvalue weighted by Gasteiger charge is 2.39. The molecule has 11 nitrogen and oxygen atoms in total. The molecule has 2 amide bonds. The van der Waals surface area contributed by atoms with Crippen molar-refractivity contribution in [1.29, 1.82) is 0 Å². The molecule has 13 heteroatoms. The number of amides is 2. The van der Waals surface area contributed by atoms with Crippen molar-refractivity contribution in [3.8, 4) is 16.8 Å². The molecule has 226 valence electrons. The Morgan fingerprint density at radius 1 is 1.05 bits per heavy atom. The van der Waals surface area contributed by atoms with Crippen molar-refractivity contribution in [3.05, 3.63) is 89.0 Å². The van der Waals surface area contributed by atoms with Gasteiger partial charge in [0, 0.05) is 30.5 Å². The average Bonchev–Trinajstić information content (AvgIpc) is 3.55.